The number of hydrogen-bond acceptors (Lipinski definition) is 2. The summed E-state index contributed by atoms with van der Waals surface area (Å²) in [5.41, 5.74) is 7.52. The van der Waals surface area contributed by atoms with E-state index in [-0.39, 0.29) is 0 Å². The van der Waals surface area contributed by atoms with Gasteiger partial charge in [-0.3, -0.25) is 0 Å². The minimum atomic E-state index is 0.488. The molecule has 0 fully saturated rings. The zero-order valence-electron chi connectivity index (χ0n) is 10.1. The Morgan fingerprint density at radius 1 is 1.19 bits per heavy atom. The first-order valence-corrected chi connectivity index (χ1v) is 6.37. The summed E-state index contributed by atoms with van der Waals surface area (Å²) in [6, 6.07) is 8.19. The van der Waals surface area contributed by atoms with E-state index >= 15 is 0 Å². The maximum absolute atomic E-state index is 5.81. The number of benzene rings is 1. The van der Waals surface area contributed by atoms with Gasteiger partial charge in [-0.2, -0.15) is 0 Å². The van der Waals surface area contributed by atoms with Crippen LogP contribution in [0.4, 0.5) is 5.69 Å². The number of nitrogens with one attached hydrogen (secondary N) is 2. The number of halogens is 1. The van der Waals surface area contributed by atoms with Crippen molar-refractivity contribution in [3.63, 3.8) is 0 Å². The van der Waals surface area contributed by atoms with E-state index in [2.05, 4.69) is 24.7 Å². The number of rotatable bonds is 7. The van der Waals surface area contributed by atoms with E-state index in [1.165, 1.54) is 25.7 Å². The smallest absolute Gasteiger partial charge is 0.0488 e. The SMILES string of the molecule is CCCCC[C@H](C)NNc1ccc(Cl)cc1. The van der Waals surface area contributed by atoms with Crippen molar-refractivity contribution in [2.45, 2.75) is 45.6 Å². The van der Waals surface area contributed by atoms with Crippen LogP contribution in [0.1, 0.15) is 39.5 Å². The lowest BCUT2D eigenvalue weighted by Gasteiger charge is -2.15. The van der Waals surface area contributed by atoms with Crippen molar-refractivity contribution in [1.82, 2.24) is 5.43 Å². The van der Waals surface area contributed by atoms with Gasteiger partial charge in [0.2, 0.25) is 0 Å². The highest BCUT2D eigenvalue weighted by molar-refractivity contribution is 6.30. The third-order valence-corrected chi connectivity index (χ3v) is 2.80. The van der Waals surface area contributed by atoms with Crippen LogP contribution in [-0.4, -0.2) is 6.04 Å². The van der Waals surface area contributed by atoms with Crippen LogP contribution in [0.3, 0.4) is 0 Å². The summed E-state index contributed by atoms with van der Waals surface area (Å²) in [6.07, 6.45) is 5.08. The summed E-state index contributed by atoms with van der Waals surface area (Å²) >= 11 is 5.81. The van der Waals surface area contributed by atoms with Crippen LogP contribution in [0.15, 0.2) is 24.3 Å². The second-order valence-electron chi connectivity index (χ2n) is 4.17. The molecule has 0 saturated carbocycles. The molecule has 16 heavy (non-hydrogen) atoms. The fourth-order valence-electron chi connectivity index (χ4n) is 1.51. The number of hydrogen-bond donors (Lipinski definition) is 2. The molecular weight excluding hydrogens is 220 g/mol. The van der Waals surface area contributed by atoms with E-state index < -0.39 is 0 Å². The first-order valence-electron chi connectivity index (χ1n) is 5.99. The average molecular weight is 241 g/mol. The van der Waals surface area contributed by atoms with Crippen LogP contribution in [-0.2, 0) is 0 Å². The summed E-state index contributed by atoms with van der Waals surface area (Å²) < 4.78 is 0. The molecule has 3 heteroatoms. The molecule has 0 unspecified atom stereocenters. The highest BCUT2D eigenvalue weighted by Crippen LogP contribution is 2.12. The van der Waals surface area contributed by atoms with Crippen molar-refractivity contribution in [1.29, 1.82) is 0 Å². The molecular formula is C13H21ClN2. The van der Waals surface area contributed by atoms with Gasteiger partial charge in [-0.25, -0.2) is 5.43 Å². The highest BCUT2D eigenvalue weighted by atomic mass is 35.5. The number of anilines is 1. The second kappa shape index (κ2) is 7.53. The van der Waals surface area contributed by atoms with E-state index in [0.29, 0.717) is 6.04 Å². The molecule has 0 bridgehead atoms. The summed E-state index contributed by atoms with van der Waals surface area (Å²) in [5.74, 6) is 0. The molecule has 2 N–H and O–H groups in total. The van der Waals surface area contributed by atoms with Gasteiger partial charge in [0, 0.05) is 16.8 Å². The van der Waals surface area contributed by atoms with Crippen LogP contribution in [0.25, 0.3) is 0 Å². The fraction of sp³-hybridized carbons (Fsp3) is 0.538. The summed E-state index contributed by atoms with van der Waals surface area (Å²) in [7, 11) is 0. The molecule has 0 heterocycles. The van der Waals surface area contributed by atoms with Gasteiger partial charge in [0.15, 0.2) is 0 Å². The van der Waals surface area contributed by atoms with E-state index in [0.717, 1.165) is 10.7 Å². The molecule has 1 aromatic carbocycles. The summed E-state index contributed by atoms with van der Waals surface area (Å²) in [4.78, 5) is 0. The molecule has 0 saturated heterocycles. The highest BCUT2D eigenvalue weighted by Gasteiger charge is 2.00. The largest absolute Gasteiger partial charge is 0.321 e. The van der Waals surface area contributed by atoms with E-state index in [1.807, 2.05) is 24.3 Å². The van der Waals surface area contributed by atoms with Gasteiger partial charge in [0.05, 0.1) is 0 Å². The van der Waals surface area contributed by atoms with Crippen LogP contribution < -0.4 is 10.9 Å². The molecule has 2 nitrogen and oxygen atoms in total. The van der Waals surface area contributed by atoms with Gasteiger partial charge in [0.1, 0.15) is 0 Å². The molecule has 1 atom stereocenters. The van der Waals surface area contributed by atoms with Gasteiger partial charge < -0.3 is 5.43 Å². The molecule has 1 aromatic rings. The van der Waals surface area contributed by atoms with Crippen molar-refractivity contribution in [2.75, 3.05) is 5.43 Å². The van der Waals surface area contributed by atoms with E-state index in [9.17, 15) is 0 Å². The van der Waals surface area contributed by atoms with E-state index in [4.69, 9.17) is 11.6 Å². The summed E-state index contributed by atoms with van der Waals surface area (Å²) in [6.45, 7) is 4.42. The molecule has 0 aromatic heterocycles. The Labute approximate surface area is 103 Å². The van der Waals surface area contributed by atoms with Gasteiger partial charge in [-0.1, -0.05) is 37.8 Å². The first-order chi connectivity index (χ1) is 7.72. The third kappa shape index (κ3) is 5.38. The molecule has 0 radical (unpaired) electrons. The fourth-order valence-corrected chi connectivity index (χ4v) is 1.64. The van der Waals surface area contributed by atoms with Gasteiger partial charge in [-0.05, 0) is 37.6 Å². The van der Waals surface area contributed by atoms with Gasteiger partial charge in [-0.15, -0.1) is 0 Å². The maximum atomic E-state index is 5.81. The quantitative estimate of drug-likeness (QED) is 0.551. The number of hydrazine groups is 1. The van der Waals surface area contributed by atoms with Crippen LogP contribution in [0.5, 0.6) is 0 Å². The molecule has 1 rings (SSSR count). The summed E-state index contributed by atoms with van der Waals surface area (Å²) in [5, 5.41) is 0.765. The van der Waals surface area contributed by atoms with Gasteiger partial charge >= 0.3 is 0 Å². The Morgan fingerprint density at radius 3 is 2.50 bits per heavy atom. The first kappa shape index (κ1) is 13.3. The van der Waals surface area contributed by atoms with Crippen molar-refractivity contribution >= 4 is 17.3 Å². The van der Waals surface area contributed by atoms with Crippen molar-refractivity contribution in [3.8, 4) is 0 Å². The Kier molecular flexibility index (Phi) is 6.27. The van der Waals surface area contributed by atoms with Crippen molar-refractivity contribution in [3.05, 3.63) is 29.3 Å². The molecule has 90 valence electrons. The molecule has 0 aliphatic rings. The molecule has 0 spiro atoms. The average Bonchev–Trinajstić information content (AvgIpc) is 2.29. The molecule has 0 aliphatic heterocycles. The van der Waals surface area contributed by atoms with E-state index in [1.54, 1.807) is 0 Å². The molecule has 0 aliphatic carbocycles. The lowest BCUT2D eigenvalue weighted by atomic mass is 10.1. The molecule has 0 amide bonds. The predicted octanol–water partition coefficient (Wildman–Crippen LogP) is 4.23. The third-order valence-electron chi connectivity index (χ3n) is 2.55. The standard InChI is InChI=1S/C13H21ClN2/c1-3-4-5-6-11(2)15-16-13-9-7-12(14)8-10-13/h7-11,15-16H,3-6H2,1-2H3/t11-/m0/s1. The zero-order chi connectivity index (χ0) is 11.8. The Balaban J connectivity index is 2.20. The Hall–Kier alpha value is -0.730. The van der Waals surface area contributed by atoms with Crippen LogP contribution >= 0.6 is 11.6 Å². The second-order valence-corrected chi connectivity index (χ2v) is 4.61. The van der Waals surface area contributed by atoms with Crippen LogP contribution in [0, 0.1) is 0 Å². The van der Waals surface area contributed by atoms with Crippen molar-refractivity contribution < 1.29 is 0 Å². The lowest BCUT2D eigenvalue weighted by Crippen LogP contribution is -2.31. The number of unbranched alkanes of at least 4 members (excludes halogenated alkanes) is 2. The monoisotopic (exact) mass is 240 g/mol. The topological polar surface area (TPSA) is 24.1 Å². The minimum absolute atomic E-state index is 0.488. The van der Waals surface area contributed by atoms with Crippen LogP contribution in [0.2, 0.25) is 5.02 Å². The normalized spacial score (nSPS) is 12.4. The zero-order valence-corrected chi connectivity index (χ0v) is 10.8. The maximum Gasteiger partial charge on any atom is 0.0488 e. The predicted molar refractivity (Wildman–Crippen MR) is 71.8 cm³/mol. The lowest BCUT2D eigenvalue weighted by molar-refractivity contribution is 0.522. The Morgan fingerprint density at radius 2 is 1.88 bits per heavy atom. The van der Waals surface area contributed by atoms with Gasteiger partial charge in [0.25, 0.3) is 0 Å². The Bertz CT molecular complexity index is 284. The van der Waals surface area contributed by atoms with Crippen molar-refractivity contribution in [2.24, 2.45) is 0 Å². The minimum Gasteiger partial charge on any atom is -0.321 e.